The Morgan fingerprint density at radius 2 is 1.18 bits per heavy atom. The van der Waals surface area contributed by atoms with Crippen LogP contribution in [0.25, 0.3) is 0 Å². The highest BCUT2D eigenvalue weighted by Crippen LogP contribution is 2.29. The maximum Gasteiger partial charge on any atom is 0.306 e. The third-order valence-corrected chi connectivity index (χ3v) is 7.31. The Hall–Kier alpha value is -3.62. The van der Waals surface area contributed by atoms with Crippen LogP contribution in [-0.4, -0.2) is 48.2 Å². The van der Waals surface area contributed by atoms with Crippen LogP contribution >= 0.6 is 0 Å². The first kappa shape index (κ1) is 27.4. The Kier molecular flexibility index (Phi) is 9.56. The fourth-order valence-corrected chi connectivity index (χ4v) is 5.06. The van der Waals surface area contributed by atoms with Crippen molar-refractivity contribution in [3.8, 4) is 11.5 Å². The summed E-state index contributed by atoms with van der Waals surface area (Å²) in [5.74, 6) is -0.353. The summed E-state index contributed by atoms with van der Waals surface area (Å²) >= 11 is 0. The Morgan fingerprint density at radius 1 is 0.711 bits per heavy atom. The van der Waals surface area contributed by atoms with Gasteiger partial charge in [0.1, 0.15) is 17.3 Å². The predicted octanol–water partition coefficient (Wildman–Crippen LogP) is 4.33. The maximum absolute atomic E-state index is 13.0. The highest BCUT2D eigenvalue weighted by Gasteiger charge is 2.28. The summed E-state index contributed by atoms with van der Waals surface area (Å²) in [6.07, 6.45) is 5.61. The van der Waals surface area contributed by atoms with Crippen LogP contribution in [0.5, 0.6) is 11.5 Å². The first-order valence-corrected chi connectivity index (χ1v) is 13.3. The number of carbonyl (C=O) groups excluding carboxylic acids is 2. The van der Waals surface area contributed by atoms with Gasteiger partial charge in [-0.25, -0.2) is 4.39 Å². The topological polar surface area (TPSA) is 114 Å². The van der Waals surface area contributed by atoms with Crippen molar-refractivity contribution < 1.29 is 33.4 Å². The minimum atomic E-state index is -0.740. The summed E-state index contributed by atoms with van der Waals surface area (Å²) in [6, 6.07) is 12.8. The van der Waals surface area contributed by atoms with Gasteiger partial charge in [-0.15, -0.1) is 0 Å². The van der Waals surface area contributed by atoms with E-state index in [9.17, 15) is 18.8 Å². The number of amides is 2. The zero-order valence-corrected chi connectivity index (χ0v) is 21.4. The number of aliphatic carboxylic acids is 1. The molecule has 38 heavy (non-hydrogen) atoms. The number of halogens is 1. The number of rotatable bonds is 10. The summed E-state index contributed by atoms with van der Waals surface area (Å²) < 4.78 is 24.9. The normalized spacial score (nSPS) is 23.2. The van der Waals surface area contributed by atoms with Crippen LogP contribution in [-0.2, 0) is 9.59 Å². The summed E-state index contributed by atoms with van der Waals surface area (Å²) in [5, 5.41) is 14.8. The van der Waals surface area contributed by atoms with Crippen LogP contribution in [0.2, 0.25) is 0 Å². The minimum absolute atomic E-state index is 0.00809. The Bertz CT molecular complexity index is 1080. The van der Waals surface area contributed by atoms with E-state index in [1.54, 1.807) is 36.4 Å². The van der Waals surface area contributed by atoms with Crippen molar-refractivity contribution in [3.05, 3.63) is 59.9 Å². The maximum atomic E-state index is 13.0. The number of nitrogens with one attached hydrogen (secondary N) is 2. The van der Waals surface area contributed by atoms with E-state index >= 15 is 0 Å². The fourth-order valence-electron chi connectivity index (χ4n) is 5.06. The van der Waals surface area contributed by atoms with Gasteiger partial charge in [0, 0.05) is 24.6 Å². The number of carboxylic acids is 1. The number of hydrogen-bond acceptors (Lipinski definition) is 5. The van der Waals surface area contributed by atoms with Gasteiger partial charge in [-0.2, -0.15) is 0 Å². The molecule has 2 amide bonds. The molecule has 2 aliphatic carbocycles. The Morgan fingerprint density at radius 3 is 1.71 bits per heavy atom. The molecule has 0 spiro atoms. The highest BCUT2D eigenvalue weighted by molar-refractivity contribution is 5.94. The molecule has 0 aromatic heterocycles. The molecule has 2 fully saturated rings. The molecule has 0 saturated heterocycles. The van der Waals surface area contributed by atoms with E-state index in [-0.39, 0.29) is 41.7 Å². The molecule has 0 unspecified atom stereocenters. The lowest BCUT2D eigenvalue weighted by atomic mass is 9.86. The van der Waals surface area contributed by atoms with E-state index in [0.717, 1.165) is 25.7 Å². The second-order valence-corrected chi connectivity index (χ2v) is 10.0. The van der Waals surface area contributed by atoms with Crippen LogP contribution in [0.1, 0.15) is 61.7 Å². The highest BCUT2D eigenvalue weighted by atomic mass is 19.1. The molecule has 2 aliphatic rings. The average Bonchev–Trinajstić information content (AvgIpc) is 2.93. The van der Waals surface area contributed by atoms with Gasteiger partial charge >= 0.3 is 5.97 Å². The lowest BCUT2D eigenvalue weighted by molar-refractivity contribution is -0.143. The van der Waals surface area contributed by atoms with Crippen LogP contribution in [0, 0.1) is 17.7 Å². The summed E-state index contributed by atoms with van der Waals surface area (Å²) in [6.45, 7) is 0.662. The van der Waals surface area contributed by atoms with E-state index in [1.807, 2.05) is 0 Å². The summed E-state index contributed by atoms with van der Waals surface area (Å²) in [4.78, 5) is 36.0. The van der Waals surface area contributed by atoms with Crippen LogP contribution < -0.4 is 20.1 Å². The molecule has 0 aliphatic heterocycles. The van der Waals surface area contributed by atoms with E-state index in [1.165, 1.54) is 12.1 Å². The molecule has 0 heterocycles. The van der Waals surface area contributed by atoms with Crippen LogP contribution in [0.15, 0.2) is 48.5 Å². The average molecular weight is 527 g/mol. The van der Waals surface area contributed by atoms with Crippen molar-refractivity contribution in [2.24, 2.45) is 11.8 Å². The first-order chi connectivity index (χ1) is 18.4. The molecule has 9 heteroatoms. The Labute approximate surface area is 221 Å². The molecule has 2 aromatic carbocycles. The van der Waals surface area contributed by atoms with Crippen molar-refractivity contribution in [2.75, 3.05) is 13.1 Å². The molecule has 0 atom stereocenters. The standard InChI is InChI=1S/C29H35FN2O6/c30-22-7-15-26(16-8-22)38-24-11-3-20(4-12-24)28(34)32-18-17-31-27(33)19-1-9-23(10-2-19)37-25-13-5-21(6-14-25)29(35)36/h1-2,7-10,15-16,20-21,24-25H,3-6,11-14,17-18H2,(H,31,33)(H,32,34)(H,35,36)/t20-,21-,24+,25+. The van der Waals surface area contributed by atoms with E-state index in [0.29, 0.717) is 55.8 Å². The van der Waals surface area contributed by atoms with Crippen molar-refractivity contribution in [3.63, 3.8) is 0 Å². The van der Waals surface area contributed by atoms with Crippen molar-refractivity contribution in [1.29, 1.82) is 0 Å². The Balaban J connectivity index is 1.10. The SMILES string of the molecule is O=C(NCCNC(=O)[C@H]1CC[C@@H](Oc2ccc(F)cc2)CC1)c1ccc(O[C@H]2CC[C@@H](C(=O)O)CC2)cc1. The molecule has 0 radical (unpaired) electrons. The van der Waals surface area contributed by atoms with Gasteiger partial charge < -0.3 is 25.2 Å². The van der Waals surface area contributed by atoms with Crippen molar-refractivity contribution in [1.82, 2.24) is 10.6 Å². The second kappa shape index (κ2) is 13.3. The fraction of sp³-hybridized carbons (Fsp3) is 0.483. The van der Waals surface area contributed by atoms with Crippen molar-refractivity contribution >= 4 is 17.8 Å². The quantitative estimate of drug-likeness (QED) is 0.397. The zero-order valence-electron chi connectivity index (χ0n) is 21.4. The molecule has 2 saturated carbocycles. The molecule has 4 rings (SSSR count). The molecular formula is C29H35FN2O6. The van der Waals surface area contributed by atoms with E-state index in [2.05, 4.69) is 10.6 Å². The number of ether oxygens (including phenoxy) is 2. The minimum Gasteiger partial charge on any atom is -0.490 e. The third kappa shape index (κ3) is 7.94. The van der Waals surface area contributed by atoms with Gasteiger partial charge in [-0.3, -0.25) is 14.4 Å². The molecule has 2 aromatic rings. The summed E-state index contributed by atoms with van der Waals surface area (Å²) in [7, 11) is 0. The van der Waals surface area contributed by atoms with E-state index < -0.39 is 5.97 Å². The van der Waals surface area contributed by atoms with Gasteiger partial charge in [0.2, 0.25) is 5.91 Å². The largest absolute Gasteiger partial charge is 0.490 e. The first-order valence-electron chi connectivity index (χ1n) is 13.3. The number of carboxylic acid groups (broad SMARTS) is 1. The molecule has 8 nitrogen and oxygen atoms in total. The van der Waals surface area contributed by atoms with Gasteiger partial charge in [0.05, 0.1) is 18.1 Å². The molecule has 204 valence electrons. The number of carbonyl (C=O) groups is 3. The monoisotopic (exact) mass is 526 g/mol. The van der Waals surface area contributed by atoms with Crippen LogP contribution in [0.3, 0.4) is 0 Å². The van der Waals surface area contributed by atoms with Gasteiger partial charge in [0.15, 0.2) is 0 Å². The number of hydrogen-bond donors (Lipinski definition) is 3. The zero-order chi connectivity index (χ0) is 26.9. The molecule has 3 N–H and O–H groups in total. The number of benzene rings is 2. The van der Waals surface area contributed by atoms with Crippen molar-refractivity contribution in [2.45, 2.75) is 63.6 Å². The van der Waals surface area contributed by atoms with Gasteiger partial charge in [-0.1, -0.05) is 0 Å². The second-order valence-electron chi connectivity index (χ2n) is 10.0. The molecule has 0 bridgehead atoms. The smallest absolute Gasteiger partial charge is 0.306 e. The lowest BCUT2D eigenvalue weighted by Crippen LogP contribution is -2.39. The van der Waals surface area contributed by atoms with Crippen LogP contribution in [0.4, 0.5) is 4.39 Å². The molecular weight excluding hydrogens is 491 g/mol. The predicted molar refractivity (Wildman–Crippen MR) is 139 cm³/mol. The van der Waals surface area contributed by atoms with Gasteiger partial charge in [-0.05, 0) is 99.9 Å². The third-order valence-electron chi connectivity index (χ3n) is 7.31. The lowest BCUT2D eigenvalue weighted by Gasteiger charge is -2.28. The van der Waals surface area contributed by atoms with Gasteiger partial charge in [0.25, 0.3) is 5.91 Å². The summed E-state index contributed by atoms with van der Waals surface area (Å²) in [5.41, 5.74) is 0.498. The van der Waals surface area contributed by atoms with E-state index in [4.69, 9.17) is 14.6 Å².